The third-order valence-corrected chi connectivity index (χ3v) is 1.79. The van der Waals surface area contributed by atoms with Gasteiger partial charge in [0.2, 0.25) is 0 Å². The Balaban J connectivity index is 2.50. The van der Waals surface area contributed by atoms with Crippen molar-refractivity contribution in [3.63, 3.8) is 0 Å². The van der Waals surface area contributed by atoms with Gasteiger partial charge in [-0.3, -0.25) is 0 Å². The molecule has 72 valence electrons. The fourth-order valence-corrected chi connectivity index (χ4v) is 0.879. The second kappa shape index (κ2) is 4.72. The maximum absolute atomic E-state index is 9.34. The summed E-state index contributed by atoms with van der Waals surface area (Å²) in [4.78, 5) is 0. The summed E-state index contributed by atoms with van der Waals surface area (Å²) in [5, 5.41) is 9.34. The quantitative estimate of drug-likeness (QED) is 0.737. The van der Waals surface area contributed by atoms with Crippen molar-refractivity contribution in [2.75, 3.05) is 13.2 Å². The van der Waals surface area contributed by atoms with Crippen LogP contribution in [0.3, 0.4) is 0 Å². The highest BCUT2D eigenvalue weighted by Crippen LogP contribution is 2.24. The predicted octanol–water partition coefficient (Wildman–Crippen LogP) is 1.37. The average molecular weight is 181 g/mol. The first-order chi connectivity index (χ1) is 6.24. The van der Waals surface area contributed by atoms with E-state index in [4.69, 9.17) is 10.5 Å². The lowest BCUT2D eigenvalue weighted by molar-refractivity contribution is 0.253. The lowest BCUT2D eigenvalue weighted by atomic mass is 10.2. The van der Waals surface area contributed by atoms with Gasteiger partial charge in [0.05, 0.1) is 6.61 Å². The third kappa shape index (κ3) is 2.95. The summed E-state index contributed by atoms with van der Waals surface area (Å²) in [5.41, 5.74) is 5.43. The number of rotatable bonds is 4. The molecule has 0 saturated heterocycles. The Kier molecular flexibility index (Phi) is 3.58. The lowest BCUT2D eigenvalue weighted by Gasteiger charge is -2.11. The first-order valence-electron chi connectivity index (χ1n) is 4.35. The minimum Gasteiger partial charge on any atom is -0.504 e. The molecular formula is C10H15NO2. The maximum atomic E-state index is 9.34. The zero-order chi connectivity index (χ0) is 9.68. The largest absolute Gasteiger partial charge is 0.504 e. The van der Waals surface area contributed by atoms with Crippen LogP contribution in [0.2, 0.25) is 0 Å². The Morgan fingerprint density at radius 3 is 2.77 bits per heavy atom. The maximum Gasteiger partial charge on any atom is 0.160 e. The van der Waals surface area contributed by atoms with Crippen LogP contribution in [0.15, 0.2) is 24.3 Å². The van der Waals surface area contributed by atoms with Crippen molar-refractivity contribution in [2.45, 2.75) is 6.92 Å². The van der Waals surface area contributed by atoms with Crippen LogP contribution in [0, 0.1) is 5.92 Å². The molecule has 0 saturated carbocycles. The Morgan fingerprint density at radius 2 is 2.15 bits per heavy atom. The van der Waals surface area contributed by atoms with Gasteiger partial charge in [-0.25, -0.2) is 0 Å². The summed E-state index contributed by atoms with van der Waals surface area (Å²) in [6, 6.07) is 6.91. The summed E-state index contributed by atoms with van der Waals surface area (Å²) in [7, 11) is 0. The van der Waals surface area contributed by atoms with Crippen LogP contribution >= 0.6 is 0 Å². The number of ether oxygens (including phenoxy) is 1. The molecule has 0 spiro atoms. The van der Waals surface area contributed by atoms with Gasteiger partial charge in [-0.15, -0.1) is 0 Å². The summed E-state index contributed by atoms with van der Waals surface area (Å²) in [5.74, 6) is 0.995. The van der Waals surface area contributed by atoms with E-state index in [1.165, 1.54) is 0 Å². The second-order valence-corrected chi connectivity index (χ2v) is 3.12. The van der Waals surface area contributed by atoms with Crippen molar-refractivity contribution in [3.05, 3.63) is 24.3 Å². The van der Waals surface area contributed by atoms with E-state index in [0.717, 1.165) is 0 Å². The molecule has 0 aliphatic carbocycles. The molecular weight excluding hydrogens is 166 g/mol. The molecule has 1 atom stereocenters. The number of para-hydroxylation sites is 2. The van der Waals surface area contributed by atoms with E-state index < -0.39 is 0 Å². The SMILES string of the molecule is CC(CN)COc1ccccc1O. The summed E-state index contributed by atoms with van der Waals surface area (Å²) in [6.45, 7) is 3.13. The zero-order valence-corrected chi connectivity index (χ0v) is 7.73. The van der Waals surface area contributed by atoms with E-state index in [1.807, 2.05) is 13.0 Å². The van der Waals surface area contributed by atoms with Gasteiger partial charge < -0.3 is 15.6 Å². The molecule has 13 heavy (non-hydrogen) atoms. The van der Waals surface area contributed by atoms with Gasteiger partial charge in [0.25, 0.3) is 0 Å². The van der Waals surface area contributed by atoms with E-state index in [-0.39, 0.29) is 5.75 Å². The van der Waals surface area contributed by atoms with Gasteiger partial charge in [-0.1, -0.05) is 19.1 Å². The van der Waals surface area contributed by atoms with E-state index in [1.54, 1.807) is 18.2 Å². The molecule has 0 fully saturated rings. The molecule has 0 heterocycles. The standard InChI is InChI=1S/C10H15NO2/c1-8(6-11)7-13-10-5-3-2-4-9(10)12/h2-5,8,12H,6-7,11H2,1H3. The molecule has 1 rings (SSSR count). The molecule has 0 amide bonds. The van der Waals surface area contributed by atoms with Crippen LogP contribution in [-0.4, -0.2) is 18.3 Å². The Bertz CT molecular complexity index is 263. The molecule has 3 heteroatoms. The van der Waals surface area contributed by atoms with Gasteiger partial charge >= 0.3 is 0 Å². The predicted molar refractivity (Wildman–Crippen MR) is 51.8 cm³/mol. The number of phenols is 1. The highest BCUT2D eigenvalue weighted by molar-refractivity contribution is 5.37. The number of hydrogen-bond donors (Lipinski definition) is 2. The molecule has 0 aromatic heterocycles. The first kappa shape index (κ1) is 9.86. The Morgan fingerprint density at radius 1 is 1.46 bits per heavy atom. The molecule has 3 nitrogen and oxygen atoms in total. The summed E-state index contributed by atoms with van der Waals surface area (Å²) >= 11 is 0. The highest BCUT2D eigenvalue weighted by atomic mass is 16.5. The van der Waals surface area contributed by atoms with Crippen molar-refractivity contribution >= 4 is 0 Å². The molecule has 0 aliphatic rings. The minimum atomic E-state index is 0.173. The fraction of sp³-hybridized carbons (Fsp3) is 0.400. The average Bonchev–Trinajstić information content (AvgIpc) is 2.16. The number of nitrogens with two attached hydrogens (primary N) is 1. The summed E-state index contributed by atoms with van der Waals surface area (Å²) in [6.07, 6.45) is 0. The van der Waals surface area contributed by atoms with Crippen LogP contribution in [0.25, 0.3) is 0 Å². The van der Waals surface area contributed by atoms with Crippen LogP contribution in [0.1, 0.15) is 6.92 Å². The minimum absolute atomic E-state index is 0.173. The topological polar surface area (TPSA) is 55.5 Å². The first-order valence-corrected chi connectivity index (χ1v) is 4.35. The van der Waals surface area contributed by atoms with Crippen molar-refractivity contribution in [1.29, 1.82) is 0 Å². The Labute approximate surface area is 78.1 Å². The van der Waals surface area contributed by atoms with Crippen LogP contribution < -0.4 is 10.5 Å². The number of phenolic OH excluding ortho intramolecular Hbond substituents is 1. The van der Waals surface area contributed by atoms with Crippen molar-refractivity contribution in [3.8, 4) is 11.5 Å². The van der Waals surface area contributed by atoms with Gasteiger partial charge in [0.1, 0.15) is 0 Å². The Hall–Kier alpha value is -1.22. The molecule has 3 N–H and O–H groups in total. The van der Waals surface area contributed by atoms with Crippen LogP contribution in [0.4, 0.5) is 0 Å². The molecule has 1 aromatic carbocycles. The van der Waals surface area contributed by atoms with Gasteiger partial charge in [-0.05, 0) is 18.7 Å². The highest BCUT2D eigenvalue weighted by Gasteiger charge is 2.03. The van der Waals surface area contributed by atoms with Gasteiger partial charge in [0, 0.05) is 5.92 Å². The monoisotopic (exact) mass is 181 g/mol. The fourth-order valence-electron chi connectivity index (χ4n) is 0.879. The molecule has 1 unspecified atom stereocenters. The lowest BCUT2D eigenvalue weighted by Crippen LogP contribution is -2.18. The van der Waals surface area contributed by atoms with Crippen LogP contribution in [-0.2, 0) is 0 Å². The molecule has 0 radical (unpaired) electrons. The smallest absolute Gasteiger partial charge is 0.160 e. The number of benzene rings is 1. The third-order valence-electron chi connectivity index (χ3n) is 1.79. The van der Waals surface area contributed by atoms with E-state index in [2.05, 4.69) is 0 Å². The zero-order valence-electron chi connectivity index (χ0n) is 7.73. The summed E-state index contributed by atoms with van der Waals surface area (Å²) < 4.78 is 5.36. The van der Waals surface area contributed by atoms with Crippen molar-refractivity contribution < 1.29 is 9.84 Å². The van der Waals surface area contributed by atoms with E-state index in [9.17, 15) is 5.11 Å². The van der Waals surface area contributed by atoms with Crippen molar-refractivity contribution in [2.24, 2.45) is 11.7 Å². The second-order valence-electron chi connectivity index (χ2n) is 3.12. The van der Waals surface area contributed by atoms with Crippen LogP contribution in [0.5, 0.6) is 11.5 Å². The normalized spacial score (nSPS) is 12.5. The van der Waals surface area contributed by atoms with Gasteiger partial charge in [-0.2, -0.15) is 0 Å². The van der Waals surface area contributed by atoms with Crippen molar-refractivity contribution in [1.82, 2.24) is 0 Å². The van der Waals surface area contributed by atoms with E-state index >= 15 is 0 Å². The van der Waals surface area contributed by atoms with E-state index in [0.29, 0.717) is 24.8 Å². The molecule has 0 bridgehead atoms. The molecule has 0 aliphatic heterocycles. The molecule has 1 aromatic rings. The number of hydrogen-bond acceptors (Lipinski definition) is 3. The van der Waals surface area contributed by atoms with Gasteiger partial charge in [0.15, 0.2) is 11.5 Å². The number of aromatic hydroxyl groups is 1.